The number of benzene rings is 2. The van der Waals surface area contributed by atoms with Crippen molar-refractivity contribution in [1.82, 2.24) is 9.21 Å². The number of aryl methyl sites for hydroxylation is 1. The van der Waals surface area contributed by atoms with Gasteiger partial charge in [0.2, 0.25) is 10.0 Å². The second kappa shape index (κ2) is 11.3. The molecule has 0 aliphatic rings. The molecule has 32 heavy (non-hydrogen) atoms. The van der Waals surface area contributed by atoms with Crippen LogP contribution < -0.4 is 9.47 Å². The number of carbonyl (C=O) groups is 1. The molecule has 7 nitrogen and oxygen atoms in total. The van der Waals surface area contributed by atoms with Gasteiger partial charge in [0.15, 0.2) is 11.5 Å². The van der Waals surface area contributed by atoms with Crippen LogP contribution in [0, 0.1) is 6.92 Å². The molecule has 0 unspecified atom stereocenters. The second-order valence-electron chi connectivity index (χ2n) is 7.31. The first kappa shape index (κ1) is 25.7. The highest BCUT2D eigenvalue weighted by Gasteiger charge is 2.25. The summed E-state index contributed by atoms with van der Waals surface area (Å²) in [5.74, 6) is 1.03. The molecule has 0 heterocycles. The van der Waals surface area contributed by atoms with Gasteiger partial charge < -0.3 is 14.4 Å². The molecule has 8 heteroatoms. The molecule has 2 aromatic rings. The van der Waals surface area contributed by atoms with Crippen LogP contribution in [0.4, 0.5) is 0 Å². The lowest BCUT2D eigenvalue weighted by atomic mass is 10.1. The fourth-order valence-electron chi connectivity index (χ4n) is 3.53. The van der Waals surface area contributed by atoms with Gasteiger partial charge in [-0.05, 0) is 56.2 Å². The van der Waals surface area contributed by atoms with Crippen molar-refractivity contribution in [3.63, 3.8) is 0 Å². The summed E-state index contributed by atoms with van der Waals surface area (Å²) in [5, 5.41) is 0. The molecule has 2 rings (SSSR count). The van der Waals surface area contributed by atoms with Gasteiger partial charge in [0.25, 0.3) is 5.91 Å². The molecule has 0 saturated heterocycles. The molecule has 2 aromatic carbocycles. The van der Waals surface area contributed by atoms with E-state index in [9.17, 15) is 13.2 Å². The lowest BCUT2D eigenvalue weighted by Crippen LogP contribution is -2.32. The summed E-state index contributed by atoms with van der Waals surface area (Å²) in [6.07, 6.45) is 0. The zero-order valence-corrected chi connectivity index (χ0v) is 20.7. The van der Waals surface area contributed by atoms with Crippen LogP contribution >= 0.6 is 0 Å². The van der Waals surface area contributed by atoms with E-state index in [4.69, 9.17) is 9.47 Å². The van der Waals surface area contributed by atoms with E-state index in [1.54, 1.807) is 44.9 Å². The van der Waals surface area contributed by atoms with Crippen LogP contribution in [0.15, 0.2) is 41.3 Å². The Morgan fingerprint density at radius 1 is 0.938 bits per heavy atom. The molecule has 0 aliphatic heterocycles. The van der Waals surface area contributed by atoms with Crippen molar-refractivity contribution in [3.8, 4) is 11.5 Å². The molecular weight excluding hydrogens is 428 g/mol. The number of hydrogen-bond donors (Lipinski definition) is 0. The predicted molar refractivity (Wildman–Crippen MR) is 126 cm³/mol. The topological polar surface area (TPSA) is 76.2 Å². The van der Waals surface area contributed by atoms with Crippen molar-refractivity contribution in [2.75, 3.05) is 33.4 Å². The molecule has 0 fully saturated rings. The monoisotopic (exact) mass is 462 g/mol. The Labute approximate surface area is 192 Å². The van der Waals surface area contributed by atoms with Crippen LogP contribution in [0.1, 0.15) is 49.2 Å². The third-order valence-electron chi connectivity index (χ3n) is 5.33. The van der Waals surface area contributed by atoms with Crippen molar-refractivity contribution in [3.05, 3.63) is 53.1 Å². The van der Waals surface area contributed by atoms with E-state index in [2.05, 4.69) is 0 Å². The summed E-state index contributed by atoms with van der Waals surface area (Å²) in [6, 6.07) is 10.4. The number of methoxy groups -OCH3 is 1. The highest BCUT2D eigenvalue weighted by molar-refractivity contribution is 7.89. The standard InChI is InChI=1S/C24H34N2O5S/c1-7-25(17-19-12-14-21(31-10-4)22(15-19)30-6)24(27)20-13-11-18(5)23(16-20)32(28,29)26(8-2)9-3/h11-16H,7-10,17H2,1-6H3. The normalized spacial score (nSPS) is 11.5. The summed E-state index contributed by atoms with van der Waals surface area (Å²) < 4.78 is 38.5. The third-order valence-corrected chi connectivity index (χ3v) is 7.52. The molecule has 0 bridgehead atoms. The Balaban J connectivity index is 2.35. The van der Waals surface area contributed by atoms with Crippen LogP contribution in [-0.4, -0.2) is 56.9 Å². The first-order chi connectivity index (χ1) is 15.2. The van der Waals surface area contributed by atoms with Gasteiger partial charge in [0.1, 0.15) is 0 Å². The first-order valence-electron chi connectivity index (χ1n) is 10.9. The Bertz CT molecular complexity index is 1030. The van der Waals surface area contributed by atoms with E-state index in [1.807, 2.05) is 32.0 Å². The maximum absolute atomic E-state index is 13.3. The smallest absolute Gasteiger partial charge is 0.254 e. The van der Waals surface area contributed by atoms with Crippen LogP contribution in [0.25, 0.3) is 0 Å². The van der Waals surface area contributed by atoms with Crippen molar-refractivity contribution >= 4 is 15.9 Å². The van der Waals surface area contributed by atoms with E-state index in [-0.39, 0.29) is 10.8 Å². The maximum atomic E-state index is 13.3. The van der Waals surface area contributed by atoms with Crippen molar-refractivity contribution in [1.29, 1.82) is 0 Å². The zero-order valence-electron chi connectivity index (χ0n) is 19.8. The molecule has 0 N–H and O–H groups in total. The van der Waals surface area contributed by atoms with Gasteiger partial charge in [0.05, 0.1) is 18.6 Å². The molecule has 0 spiro atoms. The molecule has 1 amide bonds. The molecule has 176 valence electrons. The van der Waals surface area contributed by atoms with Crippen LogP contribution in [0.5, 0.6) is 11.5 Å². The van der Waals surface area contributed by atoms with Gasteiger partial charge in [-0.25, -0.2) is 8.42 Å². The van der Waals surface area contributed by atoms with Gasteiger partial charge in [-0.3, -0.25) is 4.79 Å². The van der Waals surface area contributed by atoms with Crippen LogP contribution in [0.2, 0.25) is 0 Å². The first-order valence-corrected chi connectivity index (χ1v) is 12.4. The summed E-state index contributed by atoms with van der Waals surface area (Å²) >= 11 is 0. The number of nitrogens with zero attached hydrogens (tertiary/aromatic N) is 2. The summed E-state index contributed by atoms with van der Waals surface area (Å²) in [5.41, 5.74) is 1.86. The number of rotatable bonds is 11. The fraction of sp³-hybridized carbons (Fsp3) is 0.458. The molecule has 0 atom stereocenters. The minimum atomic E-state index is -3.67. The Hall–Kier alpha value is -2.58. The SMILES string of the molecule is CCOc1ccc(CN(CC)C(=O)c2ccc(C)c(S(=O)(=O)N(CC)CC)c2)cc1OC. The lowest BCUT2D eigenvalue weighted by Gasteiger charge is -2.23. The highest BCUT2D eigenvalue weighted by Crippen LogP contribution is 2.29. The van der Waals surface area contributed by atoms with Crippen LogP contribution in [0.3, 0.4) is 0 Å². The predicted octanol–water partition coefficient (Wildman–Crippen LogP) is 4.10. The lowest BCUT2D eigenvalue weighted by molar-refractivity contribution is 0.0752. The largest absolute Gasteiger partial charge is 0.493 e. The summed E-state index contributed by atoms with van der Waals surface area (Å²) in [6.45, 7) is 11.3. The van der Waals surface area contributed by atoms with E-state index in [0.29, 0.717) is 55.4 Å². The summed E-state index contributed by atoms with van der Waals surface area (Å²) in [4.78, 5) is 15.1. The van der Waals surface area contributed by atoms with Crippen molar-refractivity contribution in [2.24, 2.45) is 0 Å². The van der Waals surface area contributed by atoms with Crippen molar-refractivity contribution < 1.29 is 22.7 Å². The van der Waals surface area contributed by atoms with Gasteiger partial charge in [-0.1, -0.05) is 26.0 Å². The van der Waals surface area contributed by atoms with Gasteiger partial charge in [-0.15, -0.1) is 0 Å². The average molecular weight is 463 g/mol. The molecule has 0 saturated carbocycles. The molecule has 0 aliphatic carbocycles. The van der Waals surface area contributed by atoms with E-state index < -0.39 is 10.0 Å². The number of hydrogen-bond acceptors (Lipinski definition) is 5. The van der Waals surface area contributed by atoms with Gasteiger partial charge in [0, 0.05) is 31.7 Å². The third kappa shape index (κ3) is 5.61. The number of ether oxygens (including phenoxy) is 2. The molecule has 0 aromatic heterocycles. The Kier molecular flexibility index (Phi) is 9.09. The van der Waals surface area contributed by atoms with E-state index >= 15 is 0 Å². The number of amides is 1. The number of carbonyl (C=O) groups excluding carboxylic acids is 1. The average Bonchev–Trinajstić information content (AvgIpc) is 2.78. The fourth-order valence-corrected chi connectivity index (χ4v) is 5.24. The number of sulfonamides is 1. The van der Waals surface area contributed by atoms with Gasteiger partial charge >= 0.3 is 0 Å². The Morgan fingerprint density at radius 3 is 2.19 bits per heavy atom. The summed E-state index contributed by atoms with van der Waals surface area (Å²) in [7, 11) is -2.09. The Morgan fingerprint density at radius 2 is 1.62 bits per heavy atom. The van der Waals surface area contributed by atoms with Gasteiger partial charge in [-0.2, -0.15) is 4.31 Å². The van der Waals surface area contributed by atoms with E-state index in [1.165, 1.54) is 10.4 Å². The minimum Gasteiger partial charge on any atom is -0.493 e. The minimum absolute atomic E-state index is 0.172. The van der Waals surface area contributed by atoms with Crippen LogP contribution in [-0.2, 0) is 16.6 Å². The maximum Gasteiger partial charge on any atom is 0.254 e. The second-order valence-corrected chi connectivity index (χ2v) is 9.21. The zero-order chi connectivity index (χ0) is 23.9. The molecule has 0 radical (unpaired) electrons. The quantitative estimate of drug-likeness (QED) is 0.503. The van der Waals surface area contributed by atoms with E-state index in [0.717, 1.165) is 5.56 Å². The van der Waals surface area contributed by atoms with Crippen molar-refractivity contribution in [2.45, 2.75) is 46.1 Å². The molecular formula is C24H34N2O5S. The highest BCUT2D eigenvalue weighted by atomic mass is 32.2.